The molecule has 2 nitrogen and oxygen atoms in total. The van der Waals surface area contributed by atoms with Crippen molar-refractivity contribution >= 4 is 5.78 Å². The number of halogens is 1. The van der Waals surface area contributed by atoms with E-state index in [1.54, 1.807) is 0 Å². The predicted octanol–water partition coefficient (Wildman–Crippen LogP) is 3.82. The minimum atomic E-state index is -0.463. The first-order valence-electron chi connectivity index (χ1n) is 6.10. The molecule has 1 unspecified atom stereocenters. The summed E-state index contributed by atoms with van der Waals surface area (Å²) < 4.78 is 12.2. The molecule has 94 valence electrons. The summed E-state index contributed by atoms with van der Waals surface area (Å²) in [6.07, 6.45) is 3.79. The van der Waals surface area contributed by atoms with Crippen molar-refractivity contribution in [2.45, 2.75) is 46.5 Å². The molecule has 0 spiro atoms. The smallest absolute Gasteiger partial charge is 0.162 e. The second-order valence-electron chi connectivity index (χ2n) is 4.07. The van der Waals surface area contributed by atoms with Crippen molar-refractivity contribution in [3.63, 3.8) is 0 Å². The van der Waals surface area contributed by atoms with Gasteiger partial charge in [-0.3, -0.25) is 9.18 Å². The van der Waals surface area contributed by atoms with E-state index in [2.05, 4.69) is 0 Å². The minimum absolute atomic E-state index is 0.0231. The van der Waals surface area contributed by atoms with E-state index in [0.29, 0.717) is 6.42 Å². The van der Waals surface area contributed by atoms with Crippen LogP contribution in [0.5, 0.6) is 0 Å². The summed E-state index contributed by atoms with van der Waals surface area (Å²) in [6.45, 7) is 5.33. The first kappa shape index (κ1) is 15.1. The molecule has 0 aromatic heterocycles. The van der Waals surface area contributed by atoms with E-state index in [0.717, 1.165) is 12.8 Å². The van der Waals surface area contributed by atoms with Crippen LogP contribution in [0.1, 0.15) is 46.5 Å². The van der Waals surface area contributed by atoms with Crippen molar-refractivity contribution in [2.75, 3.05) is 6.67 Å². The van der Waals surface area contributed by atoms with Crippen molar-refractivity contribution in [3.05, 3.63) is 11.8 Å². The van der Waals surface area contributed by atoms with Gasteiger partial charge in [-0.2, -0.15) is 0 Å². The summed E-state index contributed by atoms with van der Waals surface area (Å²) in [5.74, 6) is -0.245. The first-order valence-corrected chi connectivity index (χ1v) is 6.10. The molecule has 16 heavy (non-hydrogen) atoms. The number of allylic oxidation sites excluding steroid dienone is 2. The maximum Gasteiger partial charge on any atom is 0.162 e. The fraction of sp³-hybridized carbons (Fsp3) is 0.769. The molecule has 0 saturated carbocycles. The maximum atomic E-state index is 12.2. The van der Waals surface area contributed by atoms with Crippen LogP contribution in [-0.2, 0) is 4.79 Å². The number of carbonyl (C=O) groups is 1. The Morgan fingerprint density at radius 2 is 1.69 bits per heavy atom. The molecule has 3 heteroatoms. The second kappa shape index (κ2) is 8.31. The largest absolute Gasteiger partial charge is 0.512 e. The Balaban J connectivity index is 4.54. The molecule has 0 radical (unpaired) electrons. The SMILES string of the molecule is CCC(CC)C(=O)C=C(O)C(CC)CCF. The Bertz CT molecular complexity index is 232. The number of aliphatic hydroxyl groups excluding tert-OH is 1. The lowest BCUT2D eigenvalue weighted by Gasteiger charge is -2.13. The molecule has 0 aliphatic carbocycles. The van der Waals surface area contributed by atoms with Crippen LogP contribution in [0.4, 0.5) is 4.39 Å². The lowest BCUT2D eigenvalue weighted by molar-refractivity contribution is -0.118. The van der Waals surface area contributed by atoms with E-state index < -0.39 is 6.67 Å². The van der Waals surface area contributed by atoms with Crippen LogP contribution in [0.2, 0.25) is 0 Å². The number of ketones is 1. The van der Waals surface area contributed by atoms with Crippen molar-refractivity contribution in [1.29, 1.82) is 0 Å². The number of hydrogen-bond acceptors (Lipinski definition) is 2. The van der Waals surface area contributed by atoms with Gasteiger partial charge in [0, 0.05) is 17.9 Å². The van der Waals surface area contributed by atoms with Crippen molar-refractivity contribution in [1.82, 2.24) is 0 Å². The number of rotatable bonds is 8. The second-order valence-corrected chi connectivity index (χ2v) is 4.07. The fourth-order valence-corrected chi connectivity index (χ4v) is 1.77. The van der Waals surface area contributed by atoms with Crippen molar-refractivity contribution in [3.8, 4) is 0 Å². The zero-order valence-corrected chi connectivity index (χ0v) is 10.5. The highest BCUT2D eigenvalue weighted by Crippen LogP contribution is 2.19. The van der Waals surface area contributed by atoms with Crippen LogP contribution in [0.15, 0.2) is 11.8 Å². The summed E-state index contributed by atoms with van der Waals surface area (Å²) in [6, 6.07) is 0. The minimum Gasteiger partial charge on any atom is -0.512 e. The van der Waals surface area contributed by atoms with Gasteiger partial charge in [-0.1, -0.05) is 20.8 Å². The average molecular weight is 230 g/mol. The molecule has 0 aliphatic rings. The zero-order chi connectivity index (χ0) is 12.6. The Morgan fingerprint density at radius 1 is 1.19 bits per heavy atom. The molecule has 0 aromatic rings. The Kier molecular flexibility index (Phi) is 7.86. The van der Waals surface area contributed by atoms with Crippen molar-refractivity contribution < 1.29 is 14.3 Å². The highest BCUT2D eigenvalue weighted by molar-refractivity contribution is 5.92. The van der Waals surface area contributed by atoms with E-state index in [-0.39, 0.29) is 29.8 Å². The number of hydrogen-bond donors (Lipinski definition) is 1. The van der Waals surface area contributed by atoms with Gasteiger partial charge in [-0.25, -0.2) is 0 Å². The summed E-state index contributed by atoms with van der Waals surface area (Å²) in [5, 5.41) is 9.72. The predicted molar refractivity (Wildman–Crippen MR) is 64.2 cm³/mol. The van der Waals surface area contributed by atoms with Crippen LogP contribution in [0, 0.1) is 11.8 Å². The van der Waals surface area contributed by atoms with E-state index in [1.807, 2.05) is 20.8 Å². The van der Waals surface area contributed by atoms with Gasteiger partial charge < -0.3 is 5.11 Å². The van der Waals surface area contributed by atoms with Crippen LogP contribution in [0.3, 0.4) is 0 Å². The van der Waals surface area contributed by atoms with E-state index in [9.17, 15) is 14.3 Å². The quantitative estimate of drug-likeness (QED) is 0.508. The Morgan fingerprint density at radius 3 is 2.06 bits per heavy atom. The molecule has 1 atom stereocenters. The molecular formula is C13H23FO2. The van der Waals surface area contributed by atoms with Crippen LogP contribution in [0.25, 0.3) is 0 Å². The van der Waals surface area contributed by atoms with E-state index in [1.165, 1.54) is 6.08 Å². The Labute approximate surface area is 97.6 Å². The lowest BCUT2D eigenvalue weighted by atomic mass is 9.94. The summed E-state index contributed by atoms with van der Waals surface area (Å²) in [7, 11) is 0. The molecule has 0 fully saturated rings. The molecule has 0 amide bonds. The standard InChI is InChI=1S/C13H23FO2/c1-4-10(5-2)12(15)9-13(16)11(6-3)7-8-14/h9-11,16H,4-8H2,1-3H3. The number of carbonyl (C=O) groups excluding carboxylic acids is 1. The highest BCUT2D eigenvalue weighted by Gasteiger charge is 2.16. The normalized spacial score (nSPS) is 14.2. The van der Waals surface area contributed by atoms with Gasteiger partial charge in [-0.05, 0) is 25.7 Å². The molecule has 0 rings (SSSR count). The lowest BCUT2D eigenvalue weighted by Crippen LogP contribution is -2.13. The molecule has 0 bridgehead atoms. The molecule has 1 N–H and O–H groups in total. The van der Waals surface area contributed by atoms with Crippen molar-refractivity contribution in [2.24, 2.45) is 11.8 Å². The third kappa shape index (κ3) is 4.77. The molecule has 0 saturated heterocycles. The highest BCUT2D eigenvalue weighted by atomic mass is 19.1. The van der Waals surface area contributed by atoms with Crippen LogP contribution in [-0.4, -0.2) is 17.6 Å². The molecular weight excluding hydrogens is 207 g/mol. The average Bonchev–Trinajstić information content (AvgIpc) is 2.27. The summed E-state index contributed by atoms with van der Waals surface area (Å²) >= 11 is 0. The molecule has 0 heterocycles. The first-order chi connectivity index (χ1) is 7.60. The molecule has 0 aromatic carbocycles. The fourth-order valence-electron chi connectivity index (χ4n) is 1.77. The number of alkyl halides is 1. The third-order valence-corrected chi connectivity index (χ3v) is 3.05. The van der Waals surface area contributed by atoms with E-state index in [4.69, 9.17) is 0 Å². The summed E-state index contributed by atoms with van der Waals surface area (Å²) in [4.78, 5) is 11.7. The van der Waals surface area contributed by atoms with Gasteiger partial charge in [-0.15, -0.1) is 0 Å². The summed E-state index contributed by atoms with van der Waals surface area (Å²) in [5.41, 5.74) is 0. The van der Waals surface area contributed by atoms with Crippen LogP contribution >= 0.6 is 0 Å². The third-order valence-electron chi connectivity index (χ3n) is 3.05. The topological polar surface area (TPSA) is 37.3 Å². The Hall–Kier alpha value is -0.860. The van der Waals surface area contributed by atoms with Gasteiger partial charge in [0.1, 0.15) is 0 Å². The number of aliphatic hydroxyl groups is 1. The van der Waals surface area contributed by atoms with Gasteiger partial charge in [0.25, 0.3) is 0 Å². The van der Waals surface area contributed by atoms with Gasteiger partial charge in [0.15, 0.2) is 5.78 Å². The van der Waals surface area contributed by atoms with Gasteiger partial charge in [0.05, 0.1) is 12.4 Å². The maximum absolute atomic E-state index is 12.2. The monoisotopic (exact) mass is 230 g/mol. The van der Waals surface area contributed by atoms with Gasteiger partial charge >= 0.3 is 0 Å². The van der Waals surface area contributed by atoms with Gasteiger partial charge in [0.2, 0.25) is 0 Å². The van der Waals surface area contributed by atoms with E-state index >= 15 is 0 Å². The zero-order valence-electron chi connectivity index (χ0n) is 10.5. The molecule has 0 aliphatic heterocycles. The van der Waals surface area contributed by atoms with Crippen LogP contribution < -0.4 is 0 Å².